The SMILES string of the molecule is CN(CCCCOc1ccc(CCC(=O)N(CC(F)F)C(C(=O)NCc2ccc(Cl)cc2)c2ccc(F)cc2)cc1)CCOCCOCCc1cn(CCOCCOc2ccc(NC(=O)Nc3nc(CC(=O)N4CCN(C)CC4)cs3)cc2)nn1. The van der Waals surface area contributed by atoms with Gasteiger partial charge in [0.2, 0.25) is 17.7 Å². The molecule has 1 aliphatic heterocycles. The molecule has 85 heavy (non-hydrogen) atoms. The van der Waals surface area contributed by atoms with Crippen molar-refractivity contribution in [3.05, 3.63) is 148 Å². The Morgan fingerprint density at radius 1 is 0.729 bits per heavy atom. The van der Waals surface area contributed by atoms with Crippen LogP contribution in [0.3, 0.4) is 0 Å². The van der Waals surface area contributed by atoms with Crippen molar-refractivity contribution in [2.75, 3.05) is 123 Å². The zero-order valence-electron chi connectivity index (χ0n) is 48.0. The number of benzene rings is 4. The minimum atomic E-state index is -2.92. The van der Waals surface area contributed by atoms with E-state index in [2.05, 4.69) is 41.0 Å². The highest BCUT2D eigenvalue weighted by Crippen LogP contribution is 2.26. The minimum absolute atomic E-state index is 0.0384. The number of hydrogen-bond acceptors (Lipinski definition) is 15. The number of unbranched alkanes of at least 4 members (excludes halogenated alkanes) is 1. The molecule has 0 saturated carbocycles. The topological polar surface area (TPSA) is 207 Å². The first kappa shape index (κ1) is 65.4. The predicted molar refractivity (Wildman–Crippen MR) is 318 cm³/mol. The minimum Gasteiger partial charge on any atom is -0.494 e. The van der Waals surface area contributed by atoms with E-state index in [-0.39, 0.29) is 37.3 Å². The molecule has 0 aliphatic carbocycles. The second-order valence-electron chi connectivity index (χ2n) is 20.3. The third kappa shape index (κ3) is 23.7. The van der Waals surface area contributed by atoms with E-state index in [0.717, 1.165) is 67.3 Å². The molecule has 1 fully saturated rings. The molecule has 1 aliphatic rings. The van der Waals surface area contributed by atoms with E-state index in [0.29, 0.717) is 118 Å². The highest BCUT2D eigenvalue weighted by atomic mass is 35.5. The number of likely N-dealkylation sites (N-methyl/N-ethyl adjacent to an activating group) is 2. The predicted octanol–water partition coefficient (Wildman–Crippen LogP) is 8.03. The zero-order chi connectivity index (χ0) is 60.2. The maximum absolute atomic E-state index is 14.0. The Morgan fingerprint density at radius 2 is 1.40 bits per heavy atom. The second kappa shape index (κ2) is 35.3. The fourth-order valence-corrected chi connectivity index (χ4v) is 9.69. The highest BCUT2D eigenvalue weighted by Gasteiger charge is 2.33. The van der Waals surface area contributed by atoms with Gasteiger partial charge in [-0.3, -0.25) is 19.7 Å². The van der Waals surface area contributed by atoms with Gasteiger partial charge < -0.3 is 53.9 Å². The summed E-state index contributed by atoms with van der Waals surface area (Å²) < 4.78 is 72.5. The number of ether oxygens (including phenoxy) is 5. The Bertz CT molecular complexity index is 2960. The van der Waals surface area contributed by atoms with Crippen LogP contribution < -0.4 is 25.4 Å². The molecule has 1 unspecified atom stereocenters. The van der Waals surface area contributed by atoms with E-state index < -0.39 is 42.7 Å². The lowest BCUT2D eigenvalue weighted by atomic mass is 10.0. The molecule has 0 spiro atoms. The lowest BCUT2D eigenvalue weighted by molar-refractivity contribution is -0.143. The van der Waals surface area contributed by atoms with Crippen molar-refractivity contribution in [3.8, 4) is 11.5 Å². The fraction of sp³-hybridized carbons (Fsp3) is 0.450. The number of rotatable bonds is 36. The molecular formula is C60H75ClF3N11O9S. The number of hydrogen-bond donors (Lipinski definition) is 3. The largest absolute Gasteiger partial charge is 0.494 e. The molecule has 4 aromatic carbocycles. The Morgan fingerprint density at radius 3 is 2.13 bits per heavy atom. The van der Waals surface area contributed by atoms with Crippen LogP contribution in [-0.4, -0.2) is 183 Å². The van der Waals surface area contributed by atoms with E-state index in [1.54, 1.807) is 70.7 Å². The Labute approximate surface area is 502 Å². The van der Waals surface area contributed by atoms with Crippen LogP contribution in [-0.2, 0) is 60.9 Å². The summed E-state index contributed by atoms with van der Waals surface area (Å²) >= 11 is 7.25. The van der Waals surface area contributed by atoms with Crippen molar-refractivity contribution >= 4 is 57.5 Å². The molecule has 0 radical (unpaired) electrons. The van der Waals surface area contributed by atoms with Crippen LogP contribution >= 0.6 is 22.9 Å². The standard InChI is InChI=1S/C60H75ClF3N11O9S/c1-71(24-3-4-31-83-52-18-7-44(8-19-52)9-22-55(76)75(42-54(63)64)57(46-10-14-48(62)15-11-46)58(78)65-40-45-5-12-47(61)13-6-45)29-33-81-36-35-80-32-23-50-41-74(70-69-50)30-34-82-37-38-84-53-20-16-49(17-21-53)66-59(79)68-60-67-51(43-85-60)39-56(77)73-27-25-72(2)26-28-73/h5-8,10-21,41,43,54,57H,3-4,9,22-40,42H2,1-2H3,(H,65,78)(H2,66,67,68,79). The monoisotopic (exact) mass is 1220 g/mol. The summed E-state index contributed by atoms with van der Waals surface area (Å²) in [5.74, 6) is -0.553. The second-order valence-corrected chi connectivity index (χ2v) is 21.5. The van der Waals surface area contributed by atoms with Gasteiger partial charge in [-0.05, 0) is 117 Å². The van der Waals surface area contributed by atoms with Gasteiger partial charge >= 0.3 is 6.03 Å². The van der Waals surface area contributed by atoms with Gasteiger partial charge in [0.05, 0.1) is 77.1 Å². The van der Waals surface area contributed by atoms with Crippen LogP contribution in [0.5, 0.6) is 11.5 Å². The molecule has 7 rings (SSSR count). The molecular weight excluding hydrogens is 1140 g/mol. The molecule has 6 aromatic rings. The van der Waals surface area contributed by atoms with Crippen LogP contribution in [0.25, 0.3) is 0 Å². The van der Waals surface area contributed by atoms with Gasteiger partial charge in [0.15, 0.2) is 5.13 Å². The van der Waals surface area contributed by atoms with E-state index in [9.17, 15) is 32.3 Å². The van der Waals surface area contributed by atoms with Gasteiger partial charge in [0, 0.05) is 74.4 Å². The number of carbonyl (C=O) groups is 4. The summed E-state index contributed by atoms with van der Waals surface area (Å²) in [4.78, 5) is 64.0. The molecule has 3 N–H and O–H groups in total. The number of nitrogens with one attached hydrogen (secondary N) is 3. The number of carbonyl (C=O) groups excluding carboxylic acids is 4. The quantitative estimate of drug-likeness (QED) is 0.0319. The van der Waals surface area contributed by atoms with Gasteiger partial charge in [-0.1, -0.05) is 53.2 Å². The van der Waals surface area contributed by atoms with E-state index >= 15 is 0 Å². The van der Waals surface area contributed by atoms with E-state index in [4.69, 9.17) is 35.3 Å². The van der Waals surface area contributed by atoms with Gasteiger partial charge in [-0.2, -0.15) is 0 Å². The van der Waals surface area contributed by atoms with E-state index in [1.807, 2.05) is 37.3 Å². The van der Waals surface area contributed by atoms with Gasteiger partial charge in [0.25, 0.3) is 6.43 Å². The van der Waals surface area contributed by atoms with Crippen LogP contribution in [0.15, 0.2) is 109 Å². The number of urea groups is 1. The molecule has 25 heteroatoms. The Balaban J connectivity index is 0.666. The highest BCUT2D eigenvalue weighted by molar-refractivity contribution is 7.14. The van der Waals surface area contributed by atoms with Crippen molar-refractivity contribution < 1.29 is 56.0 Å². The molecule has 1 saturated heterocycles. The first-order valence-electron chi connectivity index (χ1n) is 28.3. The Hall–Kier alpha value is -7.19. The lowest BCUT2D eigenvalue weighted by Gasteiger charge is -2.32. The van der Waals surface area contributed by atoms with Gasteiger partial charge in [-0.15, -0.1) is 16.4 Å². The number of halogens is 4. The van der Waals surface area contributed by atoms with Crippen LogP contribution in [0.4, 0.5) is 28.8 Å². The third-order valence-electron chi connectivity index (χ3n) is 13.6. The van der Waals surface area contributed by atoms with E-state index in [1.165, 1.54) is 23.5 Å². The van der Waals surface area contributed by atoms with Crippen molar-refractivity contribution in [3.63, 3.8) is 0 Å². The first-order chi connectivity index (χ1) is 41.2. The smallest absolute Gasteiger partial charge is 0.325 e. The van der Waals surface area contributed by atoms with Crippen LogP contribution in [0, 0.1) is 5.82 Å². The number of aromatic nitrogens is 4. The average molecular weight is 1220 g/mol. The average Bonchev–Trinajstić information content (AvgIpc) is 4.20. The molecule has 5 amide bonds. The fourth-order valence-electron chi connectivity index (χ4n) is 8.86. The van der Waals surface area contributed by atoms with Crippen molar-refractivity contribution in [2.24, 2.45) is 0 Å². The van der Waals surface area contributed by atoms with Crippen molar-refractivity contribution in [1.82, 2.24) is 44.9 Å². The molecule has 20 nitrogen and oxygen atoms in total. The molecule has 3 heterocycles. The normalized spacial score (nSPS) is 13.0. The Kier molecular flexibility index (Phi) is 27.1. The number of aryl methyl sites for hydroxylation is 1. The van der Waals surface area contributed by atoms with Crippen molar-refractivity contribution in [1.29, 1.82) is 0 Å². The molecule has 1 atom stereocenters. The number of anilines is 2. The maximum atomic E-state index is 14.0. The third-order valence-corrected chi connectivity index (χ3v) is 14.7. The summed E-state index contributed by atoms with van der Waals surface area (Å²) in [7, 11) is 4.09. The van der Waals surface area contributed by atoms with Gasteiger partial charge in [0.1, 0.15) is 30.0 Å². The summed E-state index contributed by atoms with van der Waals surface area (Å²) in [6.07, 6.45) is 1.64. The summed E-state index contributed by atoms with van der Waals surface area (Å²) in [6, 6.07) is 24.0. The number of nitrogens with zero attached hydrogens (tertiary/aromatic N) is 8. The van der Waals surface area contributed by atoms with Crippen LogP contribution in [0.2, 0.25) is 5.02 Å². The van der Waals surface area contributed by atoms with Crippen molar-refractivity contribution in [2.45, 2.75) is 64.1 Å². The lowest BCUT2D eigenvalue weighted by Crippen LogP contribution is -2.47. The number of thiazole rings is 1. The number of piperazine rings is 1. The molecule has 2 aromatic heterocycles. The van der Waals surface area contributed by atoms with Crippen LogP contribution in [0.1, 0.15) is 53.4 Å². The molecule has 458 valence electrons. The molecule has 0 bridgehead atoms. The number of alkyl halides is 2. The summed E-state index contributed by atoms with van der Waals surface area (Å²) in [6.45, 7) is 8.05. The van der Waals surface area contributed by atoms with Gasteiger partial charge in [-0.25, -0.2) is 27.6 Å². The summed E-state index contributed by atoms with van der Waals surface area (Å²) in [5.41, 5.74) is 3.75. The zero-order valence-corrected chi connectivity index (χ0v) is 49.6. The number of amides is 5. The maximum Gasteiger partial charge on any atom is 0.325 e. The summed E-state index contributed by atoms with van der Waals surface area (Å²) in [5, 5.41) is 19.4. The first-order valence-corrected chi connectivity index (χ1v) is 29.6.